The lowest BCUT2D eigenvalue weighted by molar-refractivity contribution is -0.138. The first-order valence-corrected chi connectivity index (χ1v) is 9.64. The van der Waals surface area contributed by atoms with Gasteiger partial charge in [0.2, 0.25) is 5.91 Å². The van der Waals surface area contributed by atoms with Gasteiger partial charge in [-0.25, -0.2) is 4.79 Å². The highest BCUT2D eigenvalue weighted by Gasteiger charge is 2.34. The average Bonchev–Trinajstić information content (AvgIpc) is 3.15. The predicted molar refractivity (Wildman–Crippen MR) is 93.5 cm³/mol. The monoisotopic (exact) mass is 336 g/mol. The van der Waals surface area contributed by atoms with E-state index in [9.17, 15) is 9.59 Å². The van der Waals surface area contributed by atoms with E-state index in [0.717, 1.165) is 71.2 Å². The van der Waals surface area contributed by atoms with E-state index in [0.29, 0.717) is 12.5 Å². The summed E-state index contributed by atoms with van der Waals surface area (Å²) in [6.07, 6.45) is 6.08. The molecule has 2 atom stereocenters. The van der Waals surface area contributed by atoms with E-state index < -0.39 is 0 Å². The zero-order valence-electron chi connectivity index (χ0n) is 15.0. The molecule has 0 aromatic rings. The molecule has 24 heavy (non-hydrogen) atoms. The van der Waals surface area contributed by atoms with Crippen molar-refractivity contribution < 1.29 is 9.59 Å². The summed E-state index contributed by atoms with van der Waals surface area (Å²) in [5.74, 6) is 0.767. The van der Waals surface area contributed by atoms with Crippen LogP contribution < -0.4 is 5.73 Å². The van der Waals surface area contributed by atoms with Crippen molar-refractivity contribution in [3.05, 3.63) is 0 Å². The third-order valence-corrected chi connectivity index (χ3v) is 6.01. The van der Waals surface area contributed by atoms with Gasteiger partial charge in [0.1, 0.15) is 0 Å². The number of hydrogen-bond acceptors (Lipinski definition) is 3. The van der Waals surface area contributed by atoms with Crippen molar-refractivity contribution in [3.63, 3.8) is 0 Å². The van der Waals surface area contributed by atoms with Gasteiger partial charge in [-0.2, -0.15) is 0 Å². The van der Waals surface area contributed by atoms with E-state index in [-0.39, 0.29) is 23.9 Å². The lowest BCUT2D eigenvalue weighted by atomic mass is 9.89. The van der Waals surface area contributed by atoms with Crippen LogP contribution in [0.15, 0.2) is 0 Å². The molecule has 3 rings (SSSR count). The van der Waals surface area contributed by atoms with E-state index in [4.69, 9.17) is 5.73 Å². The number of hydrogen-bond donors (Lipinski definition) is 1. The number of nitrogens with two attached hydrogens (primary N) is 1. The molecule has 0 aliphatic carbocycles. The van der Waals surface area contributed by atoms with E-state index in [1.165, 1.54) is 0 Å². The summed E-state index contributed by atoms with van der Waals surface area (Å²) >= 11 is 0. The normalized spacial score (nSPS) is 27.4. The molecule has 3 aliphatic rings. The number of carbonyl (C=O) groups excluding carboxylic acids is 2. The van der Waals surface area contributed by atoms with Crippen LogP contribution in [0.1, 0.15) is 45.4 Å². The summed E-state index contributed by atoms with van der Waals surface area (Å²) in [5, 5.41) is 0. The quantitative estimate of drug-likeness (QED) is 0.831. The fourth-order valence-corrected chi connectivity index (χ4v) is 4.36. The Kier molecular flexibility index (Phi) is 5.64. The Morgan fingerprint density at radius 1 is 0.875 bits per heavy atom. The van der Waals surface area contributed by atoms with Gasteiger partial charge in [0.05, 0.1) is 5.92 Å². The van der Waals surface area contributed by atoms with Crippen LogP contribution in [0.5, 0.6) is 0 Å². The van der Waals surface area contributed by atoms with Crippen molar-refractivity contribution in [2.75, 3.05) is 39.3 Å². The molecule has 0 aromatic heterocycles. The molecule has 0 radical (unpaired) electrons. The highest BCUT2D eigenvalue weighted by molar-refractivity contribution is 5.81. The minimum absolute atomic E-state index is 0.0165. The van der Waals surface area contributed by atoms with Crippen molar-refractivity contribution in [1.29, 1.82) is 0 Å². The SMILES string of the molecule is CC(N)C1CCN(C(=O)C2CCCN(C(=O)N3CCCC3)C2)CC1. The van der Waals surface area contributed by atoms with Crippen LogP contribution in [-0.4, -0.2) is 71.9 Å². The molecule has 136 valence electrons. The topological polar surface area (TPSA) is 69.9 Å². The first-order chi connectivity index (χ1) is 11.6. The number of urea groups is 1. The second-order valence-corrected chi connectivity index (χ2v) is 7.78. The zero-order valence-corrected chi connectivity index (χ0v) is 15.0. The minimum atomic E-state index is -0.0165. The first-order valence-electron chi connectivity index (χ1n) is 9.64. The number of likely N-dealkylation sites (tertiary alicyclic amines) is 3. The van der Waals surface area contributed by atoms with Crippen molar-refractivity contribution in [3.8, 4) is 0 Å². The molecule has 3 amide bonds. The van der Waals surface area contributed by atoms with Crippen LogP contribution in [0.4, 0.5) is 4.79 Å². The third kappa shape index (κ3) is 3.85. The number of nitrogens with zero attached hydrogens (tertiary/aromatic N) is 3. The highest BCUT2D eigenvalue weighted by Crippen LogP contribution is 2.25. The highest BCUT2D eigenvalue weighted by atomic mass is 16.2. The molecule has 3 fully saturated rings. The maximum atomic E-state index is 12.9. The molecule has 6 heteroatoms. The predicted octanol–water partition coefficient (Wildman–Crippen LogP) is 1.50. The lowest BCUT2D eigenvalue weighted by Gasteiger charge is -2.39. The van der Waals surface area contributed by atoms with Crippen molar-refractivity contribution >= 4 is 11.9 Å². The standard InChI is InChI=1S/C18H32N4O2/c1-14(19)15-6-11-20(12-7-15)17(23)16-5-4-10-22(13-16)18(24)21-8-2-3-9-21/h14-16H,2-13,19H2,1H3. The van der Waals surface area contributed by atoms with Crippen LogP contribution in [-0.2, 0) is 4.79 Å². The van der Waals surface area contributed by atoms with Crippen molar-refractivity contribution in [2.24, 2.45) is 17.6 Å². The molecular formula is C18H32N4O2. The Hall–Kier alpha value is -1.30. The second-order valence-electron chi connectivity index (χ2n) is 7.78. The summed E-state index contributed by atoms with van der Waals surface area (Å²) in [7, 11) is 0. The van der Waals surface area contributed by atoms with Crippen LogP contribution in [0.3, 0.4) is 0 Å². The molecule has 0 bridgehead atoms. The Morgan fingerprint density at radius 2 is 1.50 bits per heavy atom. The summed E-state index contributed by atoms with van der Waals surface area (Å²) in [4.78, 5) is 31.3. The summed E-state index contributed by atoms with van der Waals surface area (Å²) < 4.78 is 0. The third-order valence-electron chi connectivity index (χ3n) is 6.01. The second kappa shape index (κ2) is 7.72. The molecule has 0 spiro atoms. The van der Waals surface area contributed by atoms with Crippen molar-refractivity contribution in [1.82, 2.24) is 14.7 Å². The van der Waals surface area contributed by atoms with E-state index in [1.807, 2.05) is 14.7 Å². The Balaban J connectivity index is 1.52. The summed E-state index contributed by atoms with van der Waals surface area (Å²) in [5.41, 5.74) is 5.99. The number of carbonyl (C=O) groups is 2. The maximum absolute atomic E-state index is 12.9. The lowest BCUT2D eigenvalue weighted by Crippen LogP contribution is -2.51. The van der Waals surface area contributed by atoms with E-state index in [1.54, 1.807) is 0 Å². The smallest absolute Gasteiger partial charge is 0.320 e. The molecule has 3 heterocycles. The van der Waals surface area contributed by atoms with Crippen LogP contribution >= 0.6 is 0 Å². The van der Waals surface area contributed by atoms with Crippen LogP contribution in [0, 0.1) is 11.8 Å². The fraction of sp³-hybridized carbons (Fsp3) is 0.889. The molecule has 0 aromatic carbocycles. The summed E-state index contributed by atoms with van der Waals surface area (Å²) in [6, 6.07) is 0.353. The number of piperidine rings is 2. The zero-order chi connectivity index (χ0) is 17.1. The fourth-order valence-electron chi connectivity index (χ4n) is 4.36. The Morgan fingerprint density at radius 3 is 2.12 bits per heavy atom. The van der Waals surface area contributed by atoms with Gasteiger partial charge in [0.15, 0.2) is 0 Å². The molecule has 3 saturated heterocycles. The maximum Gasteiger partial charge on any atom is 0.320 e. The van der Waals surface area contributed by atoms with Crippen LogP contribution in [0.2, 0.25) is 0 Å². The number of amides is 3. The average molecular weight is 336 g/mol. The van der Waals surface area contributed by atoms with Gasteiger partial charge in [0.25, 0.3) is 0 Å². The van der Waals surface area contributed by atoms with Crippen LogP contribution in [0.25, 0.3) is 0 Å². The van der Waals surface area contributed by atoms with Gasteiger partial charge in [-0.3, -0.25) is 4.79 Å². The molecule has 3 aliphatic heterocycles. The van der Waals surface area contributed by atoms with Gasteiger partial charge in [0, 0.05) is 45.3 Å². The molecular weight excluding hydrogens is 304 g/mol. The van der Waals surface area contributed by atoms with Crippen molar-refractivity contribution in [2.45, 2.75) is 51.5 Å². The van der Waals surface area contributed by atoms with E-state index >= 15 is 0 Å². The van der Waals surface area contributed by atoms with Gasteiger partial charge >= 0.3 is 6.03 Å². The Labute approximate surface area is 145 Å². The van der Waals surface area contributed by atoms with Gasteiger partial charge in [-0.05, 0) is 51.4 Å². The Bertz CT molecular complexity index is 454. The largest absolute Gasteiger partial charge is 0.342 e. The minimum Gasteiger partial charge on any atom is -0.342 e. The van der Waals surface area contributed by atoms with Gasteiger partial charge in [-0.15, -0.1) is 0 Å². The molecule has 2 unspecified atom stereocenters. The van der Waals surface area contributed by atoms with Gasteiger partial charge < -0.3 is 20.4 Å². The molecule has 6 nitrogen and oxygen atoms in total. The molecule has 0 saturated carbocycles. The summed E-state index contributed by atoms with van der Waals surface area (Å²) in [6.45, 7) is 6.85. The van der Waals surface area contributed by atoms with E-state index in [2.05, 4.69) is 6.92 Å². The first kappa shape index (κ1) is 17.5. The van der Waals surface area contributed by atoms with Gasteiger partial charge in [-0.1, -0.05) is 0 Å². The number of rotatable bonds is 2. The molecule has 2 N–H and O–H groups in total.